The number of likely N-dealkylation sites (tertiary alicyclic amines) is 1. The molecule has 0 saturated carbocycles. The Balaban J connectivity index is 2.09. The molecule has 14 heavy (non-hydrogen) atoms. The molecule has 4 nitrogen and oxygen atoms in total. The summed E-state index contributed by atoms with van der Waals surface area (Å²) in [5, 5.41) is 9.08. The molecule has 1 atom stereocenters. The Morgan fingerprint density at radius 3 is 2.36 bits per heavy atom. The lowest BCUT2D eigenvalue weighted by Crippen LogP contribution is -2.63. The summed E-state index contributed by atoms with van der Waals surface area (Å²) in [6.07, 6.45) is 1.70. The van der Waals surface area contributed by atoms with Crippen LogP contribution in [0.3, 0.4) is 0 Å². The molecule has 1 rings (SSSR count). The second kappa shape index (κ2) is 5.07. The predicted octanol–water partition coefficient (Wildman–Crippen LogP) is 0.452. The third kappa shape index (κ3) is 2.92. The van der Waals surface area contributed by atoms with Gasteiger partial charge in [0.25, 0.3) is 0 Å². The van der Waals surface area contributed by atoms with Crippen LogP contribution in [0.2, 0.25) is 0 Å². The highest BCUT2D eigenvalue weighted by Gasteiger charge is 2.43. The zero-order chi connectivity index (χ0) is 10.6. The fourth-order valence-electron chi connectivity index (χ4n) is 1.75. The molecule has 0 spiro atoms. The summed E-state index contributed by atoms with van der Waals surface area (Å²) >= 11 is 0. The molecule has 1 aliphatic rings. The van der Waals surface area contributed by atoms with Crippen molar-refractivity contribution in [3.63, 3.8) is 0 Å². The van der Waals surface area contributed by atoms with Gasteiger partial charge in [-0.2, -0.15) is 0 Å². The normalized spacial score (nSPS) is 23.1. The Kier molecular flexibility index (Phi) is 4.31. The number of nitrogens with zero attached hydrogens (tertiary/aromatic N) is 1. The van der Waals surface area contributed by atoms with Gasteiger partial charge in [-0.05, 0) is 26.3 Å². The maximum absolute atomic E-state index is 9.08. The summed E-state index contributed by atoms with van der Waals surface area (Å²) in [6.45, 7) is 4.50. The largest absolute Gasteiger partial charge is 0.393 e. The molecule has 0 aromatic heterocycles. The maximum atomic E-state index is 9.08. The fourth-order valence-corrected chi connectivity index (χ4v) is 1.75. The molecule has 0 aromatic rings. The van der Waals surface area contributed by atoms with E-state index < -0.39 is 0 Å². The molecule has 1 unspecified atom stereocenters. The quantitative estimate of drug-likeness (QED) is 0.637. The Labute approximate surface area is 85.8 Å². The molecule has 1 heterocycles. The van der Waals surface area contributed by atoms with Gasteiger partial charge < -0.3 is 14.6 Å². The van der Waals surface area contributed by atoms with E-state index in [0.717, 1.165) is 32.5 Å². The van der Waals surface area contributed by atoms with E-state index in [0.29, 0.717) is 0 Å². The molecular weight excluding hydrogens is 182 g/mol. The number of methoxy groups -OCH3 is 2. The summed E-state index contributed by atoms with van der Waals surface area (Å²) in [6, 6.07) is 0. The van der Waals surface area contributed by atoms with Crippen LogP contribution in [0.1, 0.15) is 19.8 Å². The van der Waals surface area contributed by atoms with Crippen LogP contribution >= 0.6 is 0 Å². The van der Waals surface area contributed by atoms with Crippen LogP contribution in [0.15, 0.2) is 0 Å². The van der Waals surface area contributed by atoms with Gasteiger partial charge in [-0.1, -0.05) is 0 Å². The number of rotatable bonds is 6. The van der Waals surface area contributed by atoms with Crippen molar-refractivity contribution in [1.29, 1.82) is 0 Å². The Morgan fingerprint density at radius 1 is 1.36 bits per heavy atom. The van der Waals surface area contributed by atoms with Crippen LogP contribution in [0, 0.1) is 0 Å². The molecule has 0 radical (unpaired) electrons. The third-order valence-corrected chi connectivity index (χ3v) is 2.77. The zero-order valence-corrected chi connectivity index (χ0v) is 9.32. The van der Waals surface area contributed by atoms with Crippen molar-refractivity contribution in [2.24, 2.45) is 0 Å². The number of ether oxygens (including phenoxy) is 2. The lowest BCUT2D eigenvalue weighted by atomic mass is 10.1. The smallest absolute Gasteiger partial charge is 0.193 e. The van der Waals surface area contributed by atoms with E-state index >= 15 is 0 Å². The first-order valence-corrected chi connectivity index (χ1v) is 5.12. The fraction of sp³-hybridized carbons (Fsp3) is 1.00. The molecule has 1 aliphatic heterocycles. The molecule has 0 bridgehead atoms. The summed E-state index contributed by atoms with van der Waals surface area (Å²) in [5.41, 5.74) is 0. The number of aliphatic hydroxyl groups excluding tert-OH is 1. The minimum Gasteiger partial charge on any atom is -0.393 e. The molecule has 1 fully saturated rings. The van der Waals surface area contributed by atoms with Gasteiger partial charge in [-0.3, -0.25) is 4.90 Å². The van der Waals surface area contributed by atoms with Crippen molar-refractivity contribution in [1.82, 2.24) is 4.90 Å². The molecule has 0 aromatic carbocycles. The average molecular weight is 203 g/mol. The van der Waals surface area contributed by atoms with E-state index in [1.54, 1.807) is 14.2 Å². The zero-order valence-electron chi connectivity index (χ0n) is 9.32. The van der Waals surface area contributed by atoms with E-state index in [2.05, 4.69) is 4.90 Å². The minimum absolute atomic E-state index is 0.189. The van der Waals surface area contributed by atoms with E-state index in [9.17, 15) is 0 Å². The summed E-state index contributed by atoms with van der Waals surface area (Å²) in [4.78, 5) is 2.27. The summed E-state index contributed by atoms with van der Waals surface area (Å²) < 4.78 is 10.5. The molecule has 1 N–H and O–H groups in total. The van der Waals surface area contributed by atoms with Crippen LogP contribution in [-0.2, 0) is 9.47 Å². The topological polar surface area (TPSA) is 41.9 Å². The molecule has 84 valence electrons. The molecule has 0 aliphatic carbocycles. The van der Waals surface area contributed by atoms with E-state index in [1.807, 2.05) is 6.92 Å². The van der Waals surface area contributed by atoms with Crippen molar-refractivity contribution in [2.45, 2.75) is 31.7 Å². The van der Waals surface area contributed by atoms with Gasteiger partial charge in [0.15, 0.2) is 5.79 Å². The van der Waals surface area contributed by atoms with Crippen molar-refractivity contribution in [3.8, 4) is 0 Å². The molecule has 1 saturated heterocycles. The minimum atomic E-state index is -0.370. The van der Waals surface area contributed by atoms with Crippen LogP contribution in [0.5, 0.6) is 0 Å². The predicted molar refractivity (Wildman–Crippen MR) is 54.1 cm³/mol. The summed E-state index contributed by atoms with van der Waals surface area (Å²) in [5.74, 6) is -0.370. The number of hydrogen-bond donors (Lipinski definition) is 1. The van der Waals surface area contributed by atoms with Gasteiger partial charge in [-0.15, -0.1) is 0 Å². The second-order valence-electron chi connectivity index (χ2n) is 4.02. The highest BCUT2D eigenvalue weighted by Crippen LogP contribution is 2.25. The monoisotopic (exact) mass is 203 g/mol. The van der Waals surface area contributed by atoms with E-state index in [4.69, 9.17) is 14.6 Å². The van der Waals surface area contributed by atoms with Crippen LogP contribution < -0.4 is 0 Å². The van der Waals surface area contributed by atoms with Crippen molar-refractivity contribution >= 4 is 0 Å². The second-order valence-corrected chi connectivity index (χ2v) is 4.02. The highest BCUT2D eigenvalue weighted by atomic mass is 16.7. The summed E-state index contributed by atoms with van der Waals surface area (Å²) in [7, 11) is 3.35. The standard InChI is InChI=1S/C10H21NO3/c1-9(12)5-4-6-11-7-10(8-11,13-2)14-3/h9,12H,4-8H2,1-3H3. The van der Waals surface area contributed by atoms with Gasteiger partial charge in [0.2, 0.25) is 0 Å². The Hall–Kier alpha value is -0.160. The maximum Gasteiger partial charge on any atom is 0.193 e. The van der Waals surface area contributed by atoms with Crippen molar-refractivity contribution in [3.05, 3.63) is 0 Å². The average Bonchev–Trinajstić information content (AvgIpc) is 2.09. The number of aliphatic hydroxyl groups is 1. The lowest BCUT2D eigenvalue weighted by Gasteiger charge is -2.47. The number of hydrogen-bond acceptors (Lipinski definition) is 4. The van der Waals surface area contributed by atoms with Crippen molar-refractivity contribution < 1.29 is 14.6 Å². The first-order valence-electron chi connectivity index (χ1n) is 5.12. The van der Waals surface area contributed by atoms with E-state index in [-0.39, 0.29) is 11.9 Å². The Bertz CT molecular complexity index is 161. The van der Waals surface area contributed by atoms with Crippen molar-refractivity contribution in [2.75, 3.05) is 33.9 Å². The molecular formula is C10H21NO3. The SMILES string of the molecule is COC1(OC)CN(CCCC(C)O)C1. The highest BCUT2D eigenvalue weighted by molar-refractivity contribution is 4.88. The molecule has 4 heteroatoms. The lowest BCUT2D eigenvalue weighted by molar-refractivity contribution is -0.275. The first-order chi connectivity index (χ1) is 6.62. The van der Waals surface area contributed by atoms with Crippen LogP contribution in [0.25, 0.3) is 0 Å². The Morgan fingerprint density at radius 2 is 1.93 bits per heavy atom. The third-order valence-electron chi connectivity index (χ3n) is 2.77. The van der Waals surface area contributed by atoms with Gasteiger partial charge in [-0.25, -0.2) is 0 Å². The van der Waals surface area contributed by atoms with Crippen LogP contribution in [-0.4, -0.2) is 55.8 Å². The van der Waals surface area contributed by atoms with Gasteiger partial charge >= 0.3 is 0 Å². The van der Waals surface area contributed by atoms with Gasteiger partial charge in [0.1, 0.15) is 0 Å². The van der Waals surface area contributed by atoms with Gasteiger partial charge in [0, 0.05) is 14.2 Å². The van der Waals surface area contributed by atoms with Gasteiger partial charge in [0.05, 0.1) is 19.2 Å². The first kappa shape index (κ1) is 11.9. The van der Waals surface area contributed by atoms with E-state index in [1.165, 1.54) is 0 Å². The molecule has 0 amide bonds. The van der Waals surface area contributed by atoms with Crippen LogP contribution in [0.4, 0.5) is 0 Å².